The lowest BCUT2D eigenvalue weighted by Gasteiger charge is -2.36. The number of H-pyrrole nitrogens is 1. The van der Waals surface area contributed by atoms with E-state index >= 15 is 0 Å². The Balaban J connectivity index is 1.07. The van der Waals surface area contributed by atoms with Crippen LogP contribution in [0.2, 0.25) is 0 Å². The summed E-state index contributed by atoms with van der Waals surface area (Å²) in [6, 6.07) is 14.8. The van der Waals surface area contributed by atoms with Gasteiger partial charge in [-0.1, -0.05) is 54.6 Å². The van der Waals surface area contributed by atoms with Crippen molar-refractivity contribution in [3.05, 3.63) is 88.8 Å². The summed E-state index contributed by atoms with van der Waals surface area (Å²) in [5, 5.41) is 11.9. The number of benzene rings is 2. The number of hydrogen-bond donors (Lipinski definition) is 2. The Kier molecular flexibility index (Phi) is 5.60. The molecule has 7 heteroatoms. The monoisotopic (exact) mass is 510 g/mol. The van der Waals surface area contributed by atoms with E-state index in [1.165, 1.54) is 5.56 Å². The van der Waals surface area contributed by atoms with E-state index in [2.05, 4.69) is 81.1 Å². The smallest absolute Gasteiger partial charge is 0.231 e. The quantitative estimate of drug-likeness (QED) is 0.492. The van der Waals surface area contributed by atoms with Crippen LogP contribution < -0.4 is 5.32 Å². The minimum atomic E-state index is -0.688. The molecule has 0 radical (unpaired) electrons. The third kappa shape index (κ3) is 3.92. The molecule has 2 aliphatic heterocycles. The molecule has 194 valence electrons. The lowest BCUT2D eigenvalue weighted by atomic mass is 9.75. The zero-order valence-corrected chi connectivity index (χ0v) is 21.4. The molecular weight excluding hydrogens is 479 g/mol. The van der Waals surface area contributed by atoms with Crippen LogP contribution in [0.4, 0.5) is 4.39 Å². The van der Waals surface area contributed by atoms with Crippen LogP contribution in [0.3, 0.4) is 0 Å². The lowest BCUT2D eigenvalue weighted by molar-refractivity contribution is -0.129. The molecule has 3 aromatic rings. The number of carbonyl (C=O) groups excluding carboxylic acids is 1. The van der Waals surface area contributed by atoms with E-state index in [9.17, 15) is 9.18 Å². The molecule has 2 N–H and O–H groups in total. The van der Waals surface area contributed by atoms with Crippen LogP contribution in [0, 0.1) is 11.3 Å². The van der Waals surface area contributed by atoms with Gasteiger partial charge >= 0.3 is 0 Å². The molecule has 6 nitrogen and oxygen atoms in total. The number of nitrogens with one attached hydrogen (secondary N) is 2. The average Bonchev–Trinajstić information content (AvgIpc) is 3.35. The number of nitrogens with zero attached hydrogens (tertiary/aromatic N) is 2. The number of allylic oxidation sites excluding steroid dienone is 1. The van der Waals surface area contributed by atoms with Gasteiger partial charge in [0, 0.05) is 49.7 Å². The number of fused-ring (bicyclic) bond motifs is 3. The summed E-state index contributed by atoms with van der Waals surface area (Å²) in [5.74, 6) is 0.295. The molecule has 2 unspecified atom stereocenters. The van der Waals surface area contributed by atoms with Crippen LogP contribution in [-0.4, -0.2) is 53.5 Å². The number of rotatable bonds is 6. The number of alkyl halides is 1. The van der Waals surface area contributed by atoms with Crippen molar-refractivity contribution in [3.8, 4) is 0 Å². The summed E-state index contributed by atoms with van der Waals surface area (Å²) in [7, 11) is 1.71. The van der Waals surface area contributed by atoms with Gasteiger partial charge in [-0.3, -0.25) is 14.8 Å². The van der Waals surface area contributed by atoms with Crippen molar-refractivity contribution in [1.82, 2.24) is 20.4 Å². The van der Waals surface area contributed by atoms with E-state index in [4.69, 9.17) is 4.74 Å². The molecule has 2 fully saturated rings. The van der Waals surface area contributed by atoms with Gasteiger partial charge in [0.25, 0.3) is 0 Å². The third-order valence-corrected chi connectivity index (χ3v) is 8.78. The Morgan fingerprint density at radius 2 is 2.08 bits per heavy atom. The Morgan fingerprint density at radius 1 is 1.21 bits per heavy atom. The molecule has 3 heterocycles. The average molecular weight is 511 g/mol. The fourth-order valence-corrected chi connectivity index (χ4v) is 6.62. The molecule has 2 aromatic carbocycles. The number of likely N-dealkylation sites (tertiary alicyclic amines) is 1. The normalized spacial score (nSPS) is 30.4. The van der Waals surface area contributed by atoms with E-state index in [1.54, 1.807) is 7.11 Å². The van der Waals surface area contributed by atoms with E-state index < -0.39 is 11.6 Å². The van der Waals surface area contributed by atoms with Gasteiger partial charge in [0.15, 0.2) is 0 Å². The Hall–Kier alpha value is -3.55. The first-order valence-electron chi connectivity index (χ1n) is 13.4. The maximum Gasteiger partial charge on any atom is 0.231 e. The van der Waals surface area contributed by atoms with Crippen molar-refractivity contribution in [3.63, 3.8) is 0 Å². The zero-order chi connectivity index (χ0) is 25.9. The minimum Gasteiger partial charge on any atom is -0.377 e. The second-order valence-electron chi connectivity index (χ2n) is 11.1. The summed E-state index contributed by atoms with van der Waals surface area (Å²) in [5.41, 5.74) is 5.71. The highest BCUT2D eigenvalue weighted by Crippen LogP contribution is 2.67. The van der Waals surface area contributed by atoms with Gasteiger partial charge < -0.3 is 10.1 Å². The molecule has 1 saturated carbocycles. The van der Waals surface area contributed by atoms with Crippen molar-refractivity contribution >= 4 is 29.0 Å². The number of ether oxygens (including phenoxy) is 1. The first-order valence-corrected chi connectivity index (χ1v) is 13.4. The predicted octanol–water partition coefficient (Wildman–Crippen LogP) is 4.97. The molecule has 1 spiro atoms. The van der Waals surface area contributed by atoms with Crippen molar-refractivity contribution in [2.75, 3.05) is 20.2 Å². The summed E-state index contributed by atoms with van der Waals surface area (Å²) in [6.07, 6.45) is 10.9. The molecule has 7 rings (SSSR count). The van der Waals surface area contributed by atoms with E-state index in [-0.39, 0.29) is 23.8 Å². The fraction of sp³-hybridized carbons (Fsp3) is 0.355. The Labute approximate surface area is 221 Å². The molecule has 38 heavy (non-hydrogen) atoms. The van der Waals surface area contributed by atoms with Gasteiger partial charge in [-0.05, 0) is 47.8 Å². The molecule has 1 aromatic heterocycles. The zero-order valence-electron chi connectivity index (χ0n) is 21.4. The van der Waals surface area contributed by atoms with Gasteiger partial charge in [-0.2, -0.15) is 5.10 Å². The molecular formula is C31H31FN4O2. The second kappa shape index (κ2) is 9.03. The standard InChI is InChI=1S/C31H31FN4O2/c1-38-29-11-8-23-15-25(29)31(30(37)33-23)16-26(31)21-7-9-24-27(34-35-28(24)14-21)10-6-19-2-4-20(5-3-19)17-36-13-12-22(32)18-36/h2-11,14-15,22,25-26,29H,12-13,16-18H2,1H3,(H,33,37)(H,34,35)/b10-6+/t22-,25?,26+,29?,31+/m1/s1. The summed E-state index contributed by atoms with van der Waals surface area (Å²) in [4.78, 5) is 15.3. The van der Waals surface area contributed by atoms with Crippen LogP contribution in [0.1, 0.15) is 41.1 Å². The molecule has 2 bridgehead atoms. The summed E-state index contributed by atoms with van der Waals surface area (Å²) >= 11 is 0. The highest BCUT2D eigenvalue weighted by atomic mass is 19.1. The third-order valence-electron chi connectivity index (χ3n) is 8.78. The number of amides is 1. The molecule has 1 saturated heterocycles. The first kappa shape index (κ1) is 23.6. The predicted molar refractivity (Wildman–Crippen MR) is 146 cm³/mol. The second-order valence-corrected chi connectivity index (χ2v) is 11.1. The van der Waals surface area contributed by atoms with Gasteiger partial charge in [0.05, 0.1) is 22.7 Å². The highest BCUT2D eigenvalue weighted by Gasteiger charge is 2.67. The van der Waals surface area contributed by atoms with Crippen LogP contribution in [0.5, 0.6) is 0 Å². The van der Waals surface area contributed by atoms with Gasteiger partial charge in [0.2, 0.25) is 5.91 Å². The van der Waals surface area contributed by atoms with E-state index in [1.807, 2.05) is 12.2 Å². The molecule has 2 aliphatic carbocycles. The van der Waals surface area contributed by atoms with Crippen LogP contribution in [0.25, 0.3) is 23.1 Å². The maximum absolute atomic E-state index is 13.4. The highest BCUT2D eigenvalue weighted by molar-refractivity contribution is 5.93. The number of hydrogen-bond acceptors (Lipinski definition) is 4. The van der Waals surface area contributed by atoms with Crippen LogP contribution in [-0.2, 0) is 16.1 Å². The van der Waals surface area contributed by atoms with Gasteiger partial charge in [-0.15, -0.1) is 0 Å². The van der Waals surface area contributed by atoms with Crippen molar-refractivity contribution < 1.29 is 13.9 Å². The number of methoxy groups -OCH3 is 1. The fourth-order valence-electron chi connectivity index (χ4n) is 6.62. The van der Waals surface area contributed by atoms with Crippen LogP contribution in [0.15, 0.2) is 66.4 Å². The summed E-state index contributed by atoms with van der Waals surface area (Å²) in [6.45, 7) is 2.16. The van der Waals surface area contributed by atoms with Gasteiger partial charge in [-0.25, -0.2) is 4.39 Å². The van der Waals surface area contributed by atoms with Crippen molar-refractivity contribution in [1.29, 1.82) is 0 Å². The maximum atomic E-state index is 13.4. The Bertz CT molecular complexity index is 1490. The number of carbonyl (C=O) groups is 1. The number of aromatic nitrogens is 2. The van der Waals surface area contributed by atoms with E-state index in [0.29, 0.717) is 13.0 Å². The summed E-state index contributed by atoms with van der Waals surface area (Å²) < 4.78 is 19.2. The number of aromatic amines is 1. The SMILES string of the molecule is COC1C=CC2=CC1[C@]1(C[C@H]1c1ccc3c(/C=C/c4ccc(CN5CC[C@@H](F)C5)cc4)n[nH]c3c1)C(=O)N2. The minimum absolute atomic E-state index is 0.0459. The topological polar surface area (TPSA) is 70.2 Å². The molecule has 5 atom stereocenters. The van der Waals surface area contributed by atoms with Gasteiger partial charge in [0.1, 0.15) is 6.17 Å². The van der Waals surface area contributed by atoms with Crippen molar-refractivity contribution in [2.45, 2.75) is 37.6 Å². The van der Waals surface area contributed by atoms with E-state index in [0.717, 1.165) is 52.9 Å². The van der Waals surface area contributed by atoms with Crippen LogP contribution >= 0.6 is 0 Å². The first-order chi connectivity index (χ1) is 18.5. The van der Waals surface area contributed by atoms with Crippen molar-refractivity contribution in [2.24, 2.45) is 11.3 Å². The Morgan fingerprint density at radius 3 is 2.87 bits per heavy atom. The number of halogens is 1. The lowest BCUT2D eigenvalue weighted by Crippen LogP contribution is -2.47. The molecule has 1 amide bonds. The largest absolute Gasteiger partial charge is 0.377 e. The molecule has 4 aliphatic rings.